The van der Waals surface area contributed by atoms with E-state index in [-0.39, 0.29) is 64.6 Å². The van der Waals surface area contributed by atoms with E-state index in [1.165, 1.54) is 15.9 Å². The first-order valence-electron chi connectivity index (χ1n) is 18.8. The van der Waals surface area contributed by atoms with Crippen molar-refractivity contribution in [1.29, 1.82) is 0 Å². The van der Waals surface area contributed by atoms with Gasteiger partial charge < -0.3 is 14.4 Å². The van der Waals surface area contributed by atoms with Crippen LogP contribution in [0.1, 0.15) is 105 Å². The summed E-state index contributed by atoms with van der Waals surface area (Å²) in [5, 5.41) is -0.680. The average molecular weight is 732 g/mol. The van der Waals surface area contributed by atoms with Crippen LogP contribution in [0.25, 0.3) is 0 Å². The van der Waals surface area contributed by atoms with Crippen molar-refractivity contribution in [3.05, 3.63) is 47.3 Å². The third-order valence-electron chi connectivity index (χ3n) is 10.4. The Hall–Kier alpha value is -3.81. The zero-order valence-corrected chi connectivity index (χ0v) is 30.1. The van der Waals surface area contributed by atoms with Gasteiger partial charge in [0.25, 0.3) is 0 Å². The van der Waals surface area contributed by atoms with Crippen LogP contribution in [0, 0.1) is 23.1 Å². The maximum atomic E-state index is 14.4. The predicted octanol–water partition coefficient (Wildman–Crippen LogP) is 4.69. The number of nitrogens with one attached hydrogen (secondary N) is 1. The number of carbonyl (C=O) groups excluding carboxylic acids is 5. The van der Waals surface area contributed by atoms with Crippen molar-refractivity contribution in [2.24, 2.45) is 17.3 Å². The van der Waals surface area contributed by atoms with Crippen LogP contribution in [0.3, 0.4) is 0 Å². The van der Waals surface area contributed by atoms with Crippen molar-refractivity contribution in [3.8, 4) is 0 Å². The molecule has 6 rings (SSSR count). The van der Waals surface area contributed by atoms with Crippen LogP contribution in [0.2, 0.25) is 0 Å². The van der Waals surface area contributed by atoms with Crippen LogP contribution in [-0.4, -0.2) is 77.4 Å². The van der Waals surface area contributed by atoms with E-state index in [0.29, 0.717) is 24.0 Å². The highest BCUT2D eigenvalue weighted by Gasteiger charge is 2.61. The van der Waals surface area contributed by atoms with Crippen molar-refractivity contribution in [3.63, 3.8) is 0 Å². The summed E-state index contributed by atoms with van der Waals surface area (Å²) in [5.41, 5.74) is -1.26. The van der Waals surface area contributed by atoms with E-state index in [1.807, 2.05) is 0 Å². The number of rotatable bonds is 6. The van der Waals surface area contributed by atoms with Gasteiger partial charge in [-0.3, -0.25) is 28.8 Å². The molecule has 0 spiro atoms. The molecular weight excluding hydrogens is 681 g/mol. The van der Waals surface area contributed by atoms with Crippen LogP contribution in [-0.2, 0) is 51.8 Å². The minimum Gasteiger partial charge on any atom is -0.460 e. The fraction of sp³-hybridized carbons (Fsp3) is 0.649. The lowest BCUT2D eigenvalue weighted by molar-refractivity contribution is -0.159. The maximum absolute atomic E-state index is 14.4. The minimum absolute atomic E-state index is 0.00324. The van der Waals surface area contributed by atoms with Crippen LogP contribution in [0.4, 0.5) is 9.18 Å². The first kappa shape index (κ1) is 34.3. The summed E-state index contributed by atoms with van der Waals surface area (Å²) in [5.74, 6) is -4.53. The number of carbonyl (C=O) groups is 5. The Bertz CT molecular complexity index is 1810. The molecule has 1 aromatic rings. The molecule has 14 heteroatoms. The zero-order valence-electron chi connectivity index (χ0n) is 31.3. The molecule has 2 aliphatic carbocycles. The van der Waals surface area contributed by atoms with E-state index in [9.17, 15) is 36.8 Å². The van der Waals surface area contributed by atoms with E-state index < -0.39 is 98.5 Å². The molecule has 3 fully saturated rings. The van der Waals surface area contributed by atoms with Crippen molar-refractivity contribution in [2.75, 3.05) is 6.54 Å². The molecule has 1 aromatic carbocycles. The van der Waals surface area contributed by atoms with E-state index in [2.05, 4.69) is 4.72 Å². The molecule has 5 atom stereocenters. The highest BCUT2D eigenvalue weighted by Crippen LogP contribution is 2.57. The lowest BCUT2D eigenvalue weighted by atomic mass is 9.90. The Labute approximate surface area is 301 Å². The molecule has 12 nitrogen and oxygen atoms in total. The van der Waals surface area contributed by atoms with E-state index in [1.54, 1.807) is 45.1 Å². The summed E-state index contributed by atoms with van der Waals surface area (Å²) in [6, 6.07) is 3.41. The van der Waals surface area contributed by atoms with Gasteiger partial charge in [-0.25, -0.2) is 17.6 Å². The number of esters is 1. The first-order chi connectivity index (χ1) is 24.8. The van der Waals surface area contributed by atoms with Gasteiger partial charge in [-0.15, -0.1) is 0 Å². The number of Topliss-reactive ketones (excluding diaryl/α,β-unsaturated/α-hetero) is 1. The molecule has 0 aromatic heterocycles. The third-order valence-corrected chi connectivity index (χ3v) is 12.2. The maximum Gasteiger partial charge on any atom is 0.410 e. The predicted molar refractivity (Wildman–Crippen MR) is 182 cm³/mol. The number of ether oxygens (including phenoxy) is 2. The summed E-state index contributed by atoms with van der Waals surface area (Å²) in [7, 11) is -3.95. The number of nitrogens with zero attached hydrogens (tertiary/aromatic N) is 2. The van der Waals surface area contributed by atoms with Gasteiger partial charge in [-0.1, -0.05) is 37.1 Å². The Morgan fingerprint density at radius 2 is 1.88 bits per heavy atom. The molecule has 1 unspecified atom stereocenters. The van der Waals surface area contributed by atoms with Gasteiger partial charge in [-0.05, 0) is 76.8 Å². The second-order valence-corrected chi connectivity index (χ2v) is 17.5. The summed E-state index contributed by atoms with van der Waals surface area (Å²) >= 11 is 0. The lowest BCUT2D eigenvalue weighted by Crippen LogP contribution is -2.46. The number of sulfonamides is 1. The molecule has 51 heavy (non-hydrogen) atoms. The average Bonchev–Trinajstić information content (AvgIpc) is 3.93. The van der Waals surface area contributed by atoms with Gasteiger partial charge in [0, 0.05) is 33.6 Å². The number of allylic oxidation sites excluding steroid dienone is 2. The van der Waals surface area contributed by atoms with Crippen molar-refractivity contribution >= 4 is 39.7 Å². The van der Waals surface area contributed by atoms with E-state index in [4.69, 9.17) is 12.2 Å². The molecule has 3 aliphatic heterocycles. The molecule has 3 heterocycles. The molecule has 0 radical (unpaired) electrons. The SMILES string of the molecule is [2H]C1([2H])C/C=C\[C@H]2C[C@@]2(C(=O)NS(=O)(=O)C2CC2)CC(=O)[C@@H]2CC(OC(=O)N3Cc4cccc(F)c4C3)CN2C(=O)[C@@H](CC(=O)OC(C)(C)C)CCC1. The van der Waals surface area contributed by atoms with Crippen molar-refractivity contribution in [1.82, 2.24) is 14.5 Å². The number of fused-ring (bicyclic) bond motifs is 3. The first-order valence-corrected chi connectivity index (χ1v) is 19.3. The normalized spacial score (nSPS) is 30.7. The Morgan fingerprint density at radius 1 is 1.12 bits per heavy atom. The molecule has 5 aliphatic rings. The Kier molecular flexibility index (Phi) is 9.62. The van der Waals surface area contributed by atoms with Gasteiger partial charge >= 0.3 is 12.1 Å². The van der Waals surface area contributed by atoms with Crippen molar-refractivity contribution < 1.29 is 49.0 Å². The van der Waals surface area contributed by atoms with Gasteiger partial charge in [0.05, 0.1) is 36.2 Å². The number of hydrogen-bond acceptors (Lipinski definition) is 9. The topological polar surface area (TPSA) is 156 Å². The highest BCUT2D eigenvalue weighted by atomic mass is 32.2. The second kappa shape index (κ2) is 14.3. The number of halogens is 1. The van der Waals surface area contributed by atoms with Crippen LogP contribution in [0.5, 0.6) is 0 Å². The van der Waals surface area contributed by atoms with Crippen LogP contribution >= 0.6 is 0 Å². The Morgan fingerprint density at radius 3 is 2.59 bits per heavy atom. The highest BCUT2D eigenvalue weighted by molar-refractivity contribution is 7.90. The molecule has 2 saturated carbocycles. The summed E-state index contributed by atoms with van der Waals surface area (Å²) in [6.07, 6.45) is 0.458. The summed E-state index contributed by atoms with van der Waals surface area (Å²) in [4.78, 5) is 71.5. The summed E-state index contributed by atoms with van der Waals surface area (Å²) < 4.78 is 70.7. The lowest BCUT2D eigenvalue weighted by Gasteiger charge is -2.29. The largest absolute Gasteiger partial charge is 0.460 e. The summed E-state index contributed by atoms with van der Waals surface area (Å²) in [6.45, 7) is 4.99. The number of ketones is 1. The molecule has 1 saturated heterocycles. The van der Waals surface area contributed by atoms with Gasteiger partial charge in [0.1, 0.15) is 17.5 Å². The quantitative estimate of drug-likeness (QED) is 0.324. The van der Waals surface area contributed by atoms with Gasteiger partial charge in [0.2, 0.25) is 21.8 Å². The Balaban J connectivity index is 1.28. The van der Waals surface area contributed by atoms with E-state index in [0.717, 1.165) is 0 Å². The van der Waals surface area contributed by atoms with E-state index >= 15 is 0 Å². The standard InChI is InChI=1S/C37H48FN3O9S/c1-36(2,3)50-32(43)16-23-10-7-5-4-6-8-12-25-18-37(25,34(45)39-51(47,48)27-14-15-27)19-31(42)30-17-26(21-41(30)33(23)44)49-35(46)40-20-24-11-9-13-29(38)28(24)22-40/h8-9,11-13,23,25-27,30H,4-7,10,14-22H2,1-3H3,(H,39,45)/b12-8-/t23-,25+,26?,30+,37-/m1/s1/i4D2. The van der Waals surface area contributed by atoms with Gasteiger partial charge in [-0.2, -0.15) is 0 Å². The zero-order chi connectivity index (χ0) is 38.5. The number of amides is 3. The molecule has 1 N–H and O–H groups in total. The van der Waals surface area contributed by atoms with Crippen molar-refractivity contribution in [2.45, 2.75) is 127 Å². The molecule has 278 valence electrons. The number of hydrogen-bond donors (Lipinski definition) is 1. The molecular formula is C37H48FN3O9S. The fourth-order valence-electron chi connectivity index (χ4n) is 7.43. The minimum atomic E-state index is -3.95. The number of benzene rings is 1. The molecule has 3 amide bonds. The monoisotopic (exact) mass is 731 g/mol. The van der Waals surface area contributed by atoms with Crippen LogP contribution in [0.15, 0.2) is 30.4 Å². The second-order valence-electron chi connectivity index (χ2n) is 15.5. The molecule has 0 bridgehead atoms. The fourth-order valence-corrected chi connectivity index (χ4v) is 8.82. The van der Waals surface area contributed by atoms with Gasteiger partial charge in [0.15, 0.2) is 5.78 Å². The smallest absolute Gasteiger partial charge is 0.410 e. The third kappa shape index (κ3) is 8.47. The van der Waals surface area contributed by atoms with Crippen LogP contribution < -0.4 is 4.72 Å².